The Kier molecular flexibility index (Phi) is 2.83. The smallest absolute Gasteiger partial charge is 0.309 e. The number of aromatic nitrogens is 2. The monoisotopic (exact) mass is 272 g/mol. The molecule has 2 heterocycles. The van der Waals surface area contributed by atoms with Crippen LogP contribution in [-0.2, 0) is 11.2 Å². The summed E-state index contributed by atoms with van der Waals surface area (Å²) in [7, 11) is 0. The SMILES string of the molecule is Cc1ccc(-c2csc3nc(CC(=O)O)cn23)cc1. The van der Waals surface area contributed by atoms with E-state index in [2.05, 4.69) is 36.2 Å². The summed E-state index contributed by atoms with van der Waals surface area (Å²) in [6, 6.07) is 8.25. The number of thiazole rings is 1. The highest BCUT2D eigenvalue weighted by atomic mass is 32.1. The molecule has 0 amide bonds. The van der Waals surface area contributed by atoms with Crippen molar-refractivity contribution in [3.05, 3.63) is 47.1 Å². The number of hydrogen-bond acceptors (Lipinski definition) is 3. The highest BCUT2D eigenvalue weighted by molar-refractivity contribution is 7.15. The van der Waals surface area contributed by atoms with Gasteiger partial charge in [0, 0.05) is 11.6 Å². The molecule has 0 aliphatic carbocycles. The van der Waals surface area contributed by atoms with Crippen LogP contribution >= 0.6 is 11.3 Å². The third-order valence-electron chi connectivity index (χ3n) is 2.94. The molecule has 2 aromatic heterocycles. The summed E-state index contributed by atoms with van der Waals surface area (Å²) in [5.74, 6) is -0.859. The van der Waals surface area contributed by atoms with Gasteiger partial charge in [0.05, 0.1) is 17.8 Å². The molecular weight excluding hydrogens is 260 g/mol. The second kappa shape index (κ2) is 4.51. The zero-order valence-electron chi connectivity index (χ0n) is 10.3. The van der Waals surface area contributed by atoms with Crippen molar-refractivity contribution in [2.24, 2.45) is 0 Å². The molecule has 0 aliphatic heterocycles. The highest BCUT2D eigenvalue weighted by Gasteiger charge is 2.11. The summed E-state index contributed by atoms with van der Waals surface area (Å²) in [5.41, 5.74) is 3.96. The Bertz CT molecular complexity index is 740. The summed E-state index contributed by atoms with van der Waals surface area (Å²) in [6.45, 7) is 2.05. The molecule has 0 atom stereocenters. The van der Waals surface area contributed by atoms with Crippen molar-refractivity contribution in [1.82, 2.24) is 9.38 Å². The van der Waals surface area contributed by atoms with Gasteiger partial charge in [0.15, 0.2) is 4.96 Å². The third kappa shape index (κ3) is 2.24. The van der Waals surface area contributed by atoms with Crippen LogP contribution in [0.5, 0.6) is 0 Å². The zero-order chi connectivity index (χ0) is 13.4. The Balaban J connectivity index is 2.06. The van der Waals surface area contributed by atoms with Crippen LogP contribution in [0.4, 0.5) is 0 Å². The summed E-state index contributed by atoms with van der Waals surface area (Å²) < 4.78 is 1.95. The fourth-order valence-electron chi connectivity index (χ4n) is 2.00. The van der Waals surface area contributed by atoms with E-state index in [0.29, 0.717) is 5.69 Å². The second-order valence-electron chi connectivity index (χ2n) is 4.44. The summed E-state index contributed by atoms with van der Waals surface area (Å²) >= 11 is 1.52. The molecule has 3 aromatic rings. The number of aryl methyl sites for hydroxylation is 1. The van der Waals surface area contributed by atoms with E-state index in [1.807, 2.05) is 9.78 Å². The minimum Gasteiger partial charge on any atom is -0.481 e. The molecular formula is C14H12N2O2S. The van der Waals surface area contributed by atoms with Crippen LogP contribution in [0.3, 0.4) is 0 Å². The molecule has 0 unspecified atom stereocenters. The van der Waals surface area contributed by atoms with Crippen LogP contribution in [0.1, 0.15) is 11.3 Å². The van der Waals surface area contributed by atoms with Gasteiger partial charge < -0.3 is 5.11 Å². The van der Waals surface area contributed by atoms with E-state index >= 15 is 0 Å². The van der Waals surface area contributed by atoms with Gasteiger partial charge in [-0.15, -0.1) is 11.3 Å². The number of carboxylic acid groups (broad SMARTS) is 1. The molecule has 0 radical (unpaired) electrons. The maximum atomic E-state index is 10.7. The maximum absolute atomic E-state index is 10.7. The van der Waals surface area contributed by atoms with Gasteiger partial charge in [-0.3, -0.25) is 9.20 Å². The molecule has 1 aromatic carbocycles. The lowest BCUT2D eigenvalue weighted by Gasteiger charge is -2.00. The van der Waals surface area contributed by atoms with Gasteiger partial charge in [0.25, 0.3) is 0 Å². The number of carboxylic acids is 1. The maximum Gasteiger partial charge on any atom is 0.309 e. The zero-order valence-corrected chi connectivity index (χ0v) is 11.1. The van der Waals surface area contributed by atoms with Crippen LogP contribution in [-0.4, -0.2) is 20.5 Å². The van der Waals surface area contributed by atoms with Crippen molar-refractivity contribution in [2.45, 2.75) is 13.3 Å². The molecule has 5 heteroatoms. The molecule has 0 spiro atoms. The van der Waals surface area contributed by atoms with Crippen LogP contribution in [0.15, 0.2) is 35.8 Å². The molecule has 0 saturated carbocycles. The van der Waals surface area contributed by atoms with Gasteiger partial charge in [-0.25, -0.2) is 4.98 Å². The van der Waals surface area contributed by atoms with Crippen LogP contribution < -0.4 is 0 Å². The fraction of sp³-hybridized carbons (Fsp3) is 0.143. The molecule has 0 bridgehead atoms. The molecule has 96 valence electrons. The third-order valence-corrected chi connectivity index (χ3v) is 3.78. The van der Waals surface area contributed by atoms with E-state index in [-0.39, 0.29) is 6.42 Å². The van der Waals surface area contributed by atoms with E-state index in [1.54, 1.807) is 6.20 Å². The predicted molar refractivity (Wildman–Crippen MR) is 74.6 cm³/mol. The molecule has 0 saturated heterocycles. The van der Waals surface area contributed by atoms with Crippen molar-refractivity contribution < 1.29 is 9.90 Å². The normalized spacial score (nSPS) is 11.0. The lowest BCUT2D eigenvalue weighted by molar-refractivity contribution is -0.136. The Morgan fingerprint density at radius 2 is 2.11 bits per heavy atom. The largest absolute Gasteiger partial charge is 0.481 e. The molecule has 0 aliphatic rings. The number of hydrogen-bond donors (Lipinski definition) is 1. The van der Waals surface area contributed by atoms with Gasteiger partial charge in [0.2, 0.25) is 0 Å². The number of imidazole rings is 1. The van der Waals surface area contributed by atoms with Crippen molar-refractivity contribution in [1.29, 1.82) is 0 Å². The topological polar surface area (TPSA) is 54.6 Å². The van der Waals surface area contributed by atoms with E-state index in [0.717, 1.165) is 16.2 Å². The number of nitrogens with zero attached hydrogens (tertiary/aromatic N) is 2. The van der Waals surface area contributed by atoms with E-state index in [1.165, 1.54) is 16.9 Å². The summed E-state index contributed by atoms with van der Waals surface area (Å²) in [5, 5.41) is 10.8. The molecule has 1 N–H and O–H groups in total. The fourth-order valence-corrected chi connectivity index (χ4v) is 2.90. The van der Waals surface area contributed by atoms with Crippen molar-refractivity contribution in [3.63, 3.8) is 0 Å². The van der Waals surface area contributed by atoms with Crippen molar-refractivity contribution >= 4 is 22.3 Å². The lowest BCUT2D eigenvalue weighted by atomic mass is 10.1. The molecule has 19 heavy (non-hydrogen) atoms. The molecule has 4 nitrogen and oxygen atoms in total. The van der Waals surface area contributed by atoms with Crippen LogP contribution in [0.25, 0.3) is 16.2 Å². The van der Waals surface area contributed by atoms with E-state index in [9.17, 15) is 4.79 Å². The summed E-state index contributed by atoms with van der Waals surface area (Å²) in [6.07, 6.45) is 1.76. The number of rotatable bonds is 3. The van der Waals surface area contributed by atoms with Crippen molar-refractivity contribution in [2.75, 3.05) is 0 Å². The number of fused-ring (bicyclic) bond motifs is 1. The van der Waals surface area contributed by atoms with Gasteiger partial charge in [0.1, 0.15) is 0 Å². The standard InChI is InChI=1S/C14H12N2O2S/c1-9-2-4-10(5-3-9)12-8-19-14-15-11(6-13(17)18)7-16(12)14/h2-5,7-8H,6H2,1H3,(H,17,18). The Labute approximate surface area is 114 Å². The average molecular weight is 272 g/mol. The first-order valence-electron chi connectivity index (χ1n) is 5.88. The average Bonchev–Trinajstić information content (AvgIpc) is 2.89. The highest BCUT2D eigenvalue weighted by Crippen LogP contribution is 2.26. The molecule has 0 fully saturated rings. The van der Waals surface area contributed by atoms with Crippen LogP contribution in [0.2, 0.25) is 0 Å². The Morgan fingerprint density at radius 3 is 2.79 bits per heavy atom. The summed E-state index contributed by atoms with van der Waals surface area (Å²) in [4.78, 5) is 15.9. The quantitative estimate of drug-likeness (QED) is 0.797. The Hall–Kier alpha value is -2.14. The molecule has 3 rings (SSSR count). The second-order valence-corrected chi connectivity index (χ2v) is 5.28. The van der Waals surface area contributed by atoms with Crippen molar-refractivity contribution in [3.8, 4) is 11.3 Å². The number of benzene rings is 1. The van der Waals surface area contributed by atoms with Gasteiger partial charge in [-0.2, -0.15) is 0 Å². The number of carbonyl (C=O) groups is 1. The predicted octanol–water partition coefficient (Wildman–Crippen LogP) is 3.00. The first-order valence-corrected chi connectivity index (χ1v) is 6.76. The van der Waals surface area contributed by atoms with Gasteiger partial charge >= 0.3 is 5.97 Å². The minimum atomic E-state index is -0.859. The van der Waals surface area contributed by atoms with Gasteiger partial charge in [-0.1, -0.05) is 29.8 Å². The minimum absolute atomic E-state index is 0.0399. The first kappa shape index (κ1) is 11.9. The Morgan fingerprint density at radius 1 is 1.37 bits per heavy atom. The van der Waals surface area contributed by atoms with Gasteiger partial charge in [-0.05, 0) is 12.5 Å². The van der Waals surface area contributed by atoms with E-state index in [4.69, 9.17) is 5.11 Å². The van der Waals surface area contributed by atoms with Crippen LogP contribution in [0, 0.1) is 6.92 Å². The number of aliphatic carboxylic acids is 1. The van der Waals surface area contributed by atoms with E-state index < -0.39 is 5.97 Å². The first-order chi connectivity index (χ1) is 9.13. The lowest BCUT2D eigenvalue weighted by Crippen LogP contribution is -1.99.